The molecule has 0 unspecified atom stereocenters. The molecule has 2 aliphatic heterocycles. The van der Waals surface area contributed by atoms with Crippen molar-refractivity contribution in [1.82, 2.24) is 25.1 Å². The number of nitrogens with zero attached hydrogens (tertiary/aromatic N) is 5. The van der Waals surface area contributed by atoms with E-state index in [4.69, 9.17) is 4.98 Å². The van der Waals surface area contributed by atoms with Crippen LogP contribution in [0.3, 0.4) is 0 Å². The number of H-pyrrole nitrogens is 1. The monoisotopic (exact) mass is 356 g/mol. The quantitative estimate of drug-likeness (QED) is 0.878. The van der Waals surface area contributed by atoms with Crippen LogP contribution >= 0.6 is 0 Å². The maximum atomic E-state index is 13.0. The van der Waals surface area contributed by atoms with Gasteiger partial charge in [0, 0.05) is 44.8 Å². The molecular formula is C18H24N6O2. The summed E-state index contributed by atoms with van der Waals surface area (Å²) in [4.78, 5) is 31.2. The average molecular weight is 356 g/mol. The van der Waals surface area contributed by atoms with Gasteiger partial charge >= 0.3 is 0 Å². The number of carbonyl (C=O) groups excluding carboxylic acids is 2. The van der Waals surface area contributed by atoms with Crippen molar-refractivity contribution >= 4 is 17.5 Å². The number of nitrogens with one attached hydrogen (secondary N) is 1. The summed E-state index contributed by atoms with van der Waals surface area (Å²) in [5.74, 6) is 3.71. The molecule has 3 heterocycles. The first-order chi connectivity index (χ1) is 12.6. The molecule has 8 heteroatoms. The van der Waals surface area contributed by atoms with E-state index in [-0.39, 0.29) is 17.7 Å². The van der Waals surface area contributed by atoms with Crippen LogP contribution in [0.5, 0.6) is 0 Å². The van der Waals surface area contributed by atoms with Crippen molar-refractivity contribution in [2.24, 2.45) is 16.9 Å². The van der Waals surface area contributed by atoms with Crippen molar-refractivity contribution < 1.29 is 9.59 Å². The van der Waals surface area contributed by atoms with Gasteiger partial charge < -0.3 is 4.90 Å². The summed E-state index contributed by atoms with van der Waals surface area (Å²) in [7, 11) is 1.61. The lowest BCUT2D eigenvalue weighted by Crippen LogP contribution is -2.39. The molecule has 1 N–H and O–H groups in total. The molecular weight excluding hydrogens is 332 g/mol. The smallest absolute Gasteiger partial charge is 0.270 e. The molecule has 0 radical (unpaired) electrons. The molecule has 0 aromatic carbocycles. The number of likely N-dealkylation sites (tertiary alicyclic amines) is 1. The molecule has 4 aliphatic rings. The number of amides is 2. The first-order valence-electron chi connectivity index (χ1n) is 9.65. The van der Waals surface area contributed by atoms with Crippen LogP contribution in [0.15, 0.2) is 5.10 Å². The fourth-order valence-electron chi connectivity index (χ4n) is 4.27. The Hall–Kier alpha value is -2.25. The van der Waals surface area contributed by atoms with Gasteiger partial charge in [0.25, 0.3) is 5.91 Å². The van der Waals surface area contributed by atoms with Gasteiger partial charge in [-0.2, -0.15) is 10.2 Å². The second kappa shape index (κ2) is 5.89. The van der Waals surface area contributed by atoms with Gasteiger partial charge in [0.15, 0.2) is 5.82 Å². The van der Waals surface area contributed by atoms with Crippen LogP contribution in [0.2, 0.25) is 0 Å². The van der Waals surface area contributed by atoms with E-state index >= 15 is 0 Å². The zero-order valence-electron chi connectivity index (χ0n) is 15.0. The fraction of sp³-hybridized carbons (Fsp3) is 0.722. The highest BCUT2D eigenvalue weighted by Gasteiger charge is 2.46. The molecule has 138 valence electrons. The number of aromatic nitrogens is 3. The van der Waals surface area contributed by atoms with Gasteiger partial charge in [-0.1, -0.05) is 0 Å². The normalized spacial score (nSPS) is 29.3. The molecule has 5 rings (SSSR count). The minimum atomic E-state index is -0.0361. The number of aromatic amines is 1. The molecule has 2 saturated carbocycles. The molecule has 2 aliphatic carbocycles. The first kappa shape index (κ1) is 16.0. The van der Waals surface area contributed by atoms with Crippen LogP contribution in [0, 0.1) is 11.8 Å². The van der Waals surface area contributed by atoms with Crippen LogP contribution in [-0.4, -0.2) is 62.8 Å². The maximum Gasteiger partial charge on any atom is 0.270 e. The van der Waals surface area contributed by atoms with Gasteiger partial charge in [-0.05, 0) is 37.5 Å². The maximum absolute atomic E-state index is 13.0. The van der Waals surface area contributed by atoms with E-state index in [0.29, 0.717) is 42.9 Å². The number of hydrazone groups is 1. The fourth-order valence-corrected chi connectivity index (χ4v) is 4.27. The first-order valence-corrected chi connectivity index (χ1v) is 9.65. The van der Waals surface area contributed by atoms with Gasteiger partial charge in [-0.3, -0.25) is 14.7 Å². The molecule has 1 aromatic rings. The van der Waals surface area contributed by atoms with E-state index in [1.54, 1.807) is 7.05 Å². The predicted octanol–water partition coefficient (Wildman–Crippen LogP) is 1.24. The van der Waals surface area contributed by atoms with E-state index in [1.165, 1.54) is 30.7 Å². The Balaban J connectivity index is 1.35. The molecule has 2 atom stereocenters. The third-order valence-electron chi connectivity index (χ3n) is 6.15. The van der Waals surface area contributed by atoms with Crippen molar-refractivity contribution in [3.63, 3.8) is 0 Å². The molecule has 1 aromatic heterocycles. The van der Waals surface area contributed by atoms with Crippen LogP contribution < -0.4 is 0 Å². The van der Waals surface area contributed by atoms with Crippen molar-refractivity contribution in [1.29, 1.82) is 0 Å². The van der Waals surface area contributed by atoms with Gasteiger partial charge in [0.1, 0.15) is 11.5 Å². The summed E-state index contributed by atoms with van der Waals surface area (Å²) in [6.45, 7) is 1.42. The van der Waals surface area contributed by atoms with Gasteiger partial charge in [-0.25, -0.2) is 9.99 Å². The van der Waals surface area contributed by atoms with Gasteiger partial charge in [0.2, 0.25) is 5.91 Å². The summed E-state index contributed by atoms with van der Waals surface area (Å²) in [5.41, 5.74) is 0.499. The van der Waals surface area contributed by atoms with Crippen LogP contribution in [-0.2, 0) is 9.59 Å². The van der Waals surface area contributed by atoms with Crippen LogP contribution in [0.1, 0.15) is 62.0 Å². The van der Waals surface area contributed by atoms with Crippen LogP contribution in [0.4, 0.5) is 0 Å². The van der Waals surface area contributed by atoms with E-state index in [9.17, 15) is 9.59 Å². The molecule has 3 fully saturated rings. The minimum absolute atomic E-state index is 0.0283. The lowest BCUT2D eigenvalue weighted by Gasteiger charge is -2.22. The summed E-state index contributed by atoms with van der Waals surface area (Å²) < 4.78 is 0. The predicted molar refractivity (Wildman–Crippen MR) is 93.3 cm³/mol. The Morgan fingerprint density at radius 2 is 1.96 bits per heavy atom. The lowest BCUT2D eigenvalue weighted by molar-refractivity contribution is -0.130. The zero-order valence-corrected chi connectivity index (χ0v) is 15.0. The average Bonchev–Trinajstić information content (AvgIpc) is 3.57. The third kappa shape index (κ3) is 2.81. The Kier molecular flexibility index (Phi) is 3.62. The number of hydrogen-bond acceptors (Lipinski definition) is 5. The number of carbonyl (C=O) groups is 2. The highest BCUT2D eigenvalue weighted by molar-refractivity contribution is 6.39. The summed E-state index contributed by atoms with van der Waals surface area (Å²) in [5, 5.41) is 13.1. The standard InChI is InChI=1S/C18H24N6O2/c1-23-15(25)7-6-14(22-23)18(26)24-8-12(10-2-3-10)13(9-24)17-19-16(20-21-17)11-4-5-11/h10-13H,2-9H2,1H3,(H,19,20,21)/t12-,13+/m1/s1. The third-order valence-corrected chi connectivity index (χ3v) is 6.15. The van der Waals surface area contributed by atoms with E-state index in [2.05, 4.69) is 15.3 Å². The van der Waals surface area contributed by atoms with E-state index in [1.807, 2.05) is 4.90 Å². The lowest BCUT2D eigenvalue weighted by atomic mass is 9.91. The molecule has 1 saturated heterocycles. The van der Waals surface area contributed by atoms with Crippen molar-refractivity contribution in [3.05, 3.63) is 11.6 Å². The highest BCUT2D eigenvalue weighted by atomic mass is 16.2. The number of hydrogen-bond donors (Lipinski definition) is 1. The Labute approximate surface area is 152 Å². The Bertz CT molecular complexity index is 778. The van der Waals surface area contributed by atoms with E-state index < -0.39 is 0 Å². The van der Waals surface area contributed by atoms with E-state index in [0.717, 1.165) is 18.2 Å². The largest absolute Gasteiger partial charge is 0.336 e. The summed E-state index contributed by atoms with van der Waals surface area (Å²) in [6.07, 6.45) is 5.65. The van der Waals surface area contributed by atoms with Crippen LogP contribution in [0.25, 0.3) is 0 Å². The molecule has 0 spiro atoms. The minimum Gasteiger partial charge on any atom is -0.336 e. The van der Waals surface area contributed by atoms with Crippen molar-refractivity contribution in [2.45, 2.75) is 50.4 Å². The Morgan fingerprint density at radius 1 is 1.15 bits per heavy atom. The SMILES string of the molecule is CN1N=C(C(=O)N2C[C@H](c3nc(C4CC4)n[nH]3)[C@@H](C3CC3)C2)CCC1=O. The Morgan fingerprint density at radius 3 is 2.65 bits per heavy atom. The topological polar surface area (TPSA) is 94.6 Å². The molecule has 2 amide bonds. The highest BCUT2D eigenvalue weighted by Crippen LogP contribution is 2.47. The summed E-state index contributed by atoms with van der Waals surface area (Å²) >= 11 is 0. The second-order valence-electron chi connectivity index (χ2n) is 8.14. The summed E-state index contributed by atoms with van der Waals surface area (Å²) in [6, 6.07) is 0. The molecule has 8 nitrogen and oxygen atoms in total. The number of rotatable bonds is 4. The second-order valence-corrected chi connectivity index (χ2v) is 8.14. The zero-order chi connectivity index (χ0) is 17.8. The van der Waals surface area contributed by atoms with Gasteiger partial charge in [0.05, 0.1) is 0 Å². The van der Waals surface area contributed by atoms with Gasteiger partial charge in [-0.15, -0.1) is 0 Å². The molecule has 26 heavy (non-hydrogen) atoms. The van der Waals surface area contributed by atoms with Crippen molar-refractivity contribution in [2.75, 3.05) is 20.1 Å². The van der Waals surface area contributed by atoms with Crippen molar-refractivity contribution in [3.8, 4) is 0 Å². The molecule has 0 bridgehead atoms.